The third kappa shape index (κ3) is 5.42. The van der Waals surface area contributed by atoms with Gasteiger partial charge in [-0.05, 0) is 30.5 Å². The number of carbonyl (C=O) groups is 2. The van der Waals surface area contributed by atoms with Crippen molar-refractivity contribution in [1.29, 1.82) is 0 Å². The van der Waals surface area contributed by atoms with Gasteiger partial charge < -0.3 is 29.7 Å². The van der Waals surface area contributed by atoms with Gasteiger partial charge in [0.2, 0.25) is 6.79 Å². The first-order valence-corrected chi connectivity index (χ1v) is 7.23. The fourth-order valence-electron chi connectivity index (χ4n) is 2.23. The van der Waals surface area contributed by atoms with Gasteiger partial charge in [0.25, 0.3) is 0 Å². The number of ether oxygens (including phenoxy) is 3. The molecule has 3 rings (SSSR count). The first-order chi connectivity index (χ1) is 11.1. The predicted molar refractivity (Wildman–Crippen MR) is 78.5 cm³/mol. The van der Waals surface area contributed by atoms with Crippen molar-refractivity contribution in [3.05, 3.63) is 23.8 Å². The van der Waals surface area contributed by atoms with Crippen molar-refractivity contribution in [2.24, 2.45) is 0 Å². The summed E-state index contributed by atoms with van der Waals surface area (Å²) in [5, 5.41) is 18.2. The van der Waals surface area contributed by atoms with Gasteiger partial charge in [0.05, 0.1) is 6.10 Å². The van der Waals surface area contributed by atoms with E-state index >= 15 is 0 Å². The van der Waals surface area contributed by atoms with Crippen molar-refractivity contribution in [2.45, 2.75) is 25.5 Å². The predicted octanol–water partition coefficient (Wildman–Crippen LogP) is 0.839. The molecule has 3 N–H and O–H groups in total. The van der Waals surface area contributed by atoms with Gasteiger partial charge in [-0.2, -0.15) is 0 Å². The second-order valence-electron chi connectivity index (χ2n) is 5.06. The molecule has 2 heterocycles. The molecule has 1 saturated heterocycles. The van der Waals surface area contributed by atoms with E-state index in [1.165, 1.54) is 18.4 Å². The minimum atomic E-state index is -1.82. The number of aliphatic carboxylic acids is 2. The molecule has 126 valence electrons. The second kappa shape index (κ2) is 8.35. The van der Waals surface area contributed by atoms with Gasteiger partial charge in [-0.25, -0.2) is 9.59 Å². The monoisotopic (exact) mass is 325 g/mol. The Balaban J connectivity index is 0.000000277. The Morgan fingerprint density at radius 2 is 1.91 bits per heavy atom. The summed E-state index contributed by atoms with van der Waals surface area (Å²) in [5.41, 5.74) is 1.22. The summed E-state index contributed by atoms with van der Waals surface area (Å²) in [6.45, 7) is 3.02. The third-order valence-corrected chi connectivity index (χ3v) is 3.35. The average molecular weight is 325 g/mol. The summed E-state index contributed by atoms with van der Waals surface area (Å²) in [5.74, 6) is -1.96. The molecule has 0 amide bonds. The lowest BCUT2D eigenvalue weighted by atomic mass is 10.2. The van der Waals surface area contributed by atoms with Crippen molar-refractivity contribution in [2.75, 3.05) is 19.9 Å². The van der Waals surface area contributed by atoms with E-state index in [1.54, 1.807) is 0 Å². The molecule has 1 aromatic carbocycles. The molecule has 0 spiro atoms. The van der Waals surface area contributed by atoms with E-state index < -0.39 is 11.9 Å². The van der Waals surface area contributed by atoms with Gasteiger partial charge in [0, 0.05) is 19.7 Å². The van der Waals surface area contributed by atoms with E-state index in [4.69, 9.17) is 34.0 Å². The zero-order chi connectivity index (χ0) is 16.7. The van der Waals surface area contributed by atoms with Gasteiger partial charge >= 0.3 is 11.9 Å². The number of carboxylic acid groups (broad SMARTS) is 2. The molecule has 0 aromatic heterocycles. The van der Waals surface area contributed by atoms with Crippen LogP contribution in [0.15, 0.2) is 18.2 Å². The minimum Gasteiger partial charge on any atom is -0.473 e. The summed E-state index contributed by atoms with van der Waals surface area (Å²) in [4.78, 5) is 18.2. The number of fused-ring (bicyclic) bond motifs is 1. The highest BCUT2D eigenvalue weighted by molar-refractivity contribution is 6.27. The molecule has 1 atom stereocenters. The van der Waals surface area contributed by atoms with Crippen LogP contribution in [0.1, 0.15) is 18.4 Å². The number of nitrogens with one attached hydrogen (secondary N) is 1. The quantitative estimate of drug-likeness (QED) is 0.698. The molecule has 1 fully saturated rings. The van der Waals surface area contributed by atoms with Crippen LogP contribution in [0.25, 0.3) is 0 Å². The molecular weight excluding hydrogens is 306 g/mol. The first-order valence-electron chi connectivity index (χ1n) is 7.23. The highest BCUT2D eigenvalue weighted by Crippen LogP contribution is 2.32. The van der Waals surface area contributed by atoms with Crippen LogP contribution in [0.4, 0.5) is 0 Å². The highest BCUT2D eigenvalue weighted by atomic mass is 16.7. The Morgan fingerprint density at radius 3 is 2.57 bits per heavy atom. The van der Waals surface area contributed by atoms with Crippen LogP contribution in [0.5, 0.6) is 11.5 Å². The zero-order valence-electron chi connectivity index (χ0n) is 12.5. The average Bonchev–Trinajstić information content (AvgIpc) is 3.18. The van der Waals surface area contributed by atoms with Gasteiger partial charge in [0.15, 0.2) is 11.5 Å². The topological polar surface area (TPSA) is 114 Å². The van der Waals surface area contributed by atoms with E-state index in [-0.39, 0.29) is 0 Å². The zero-order valence-corrected chi connectivity index (χ0v) is 12.5. The van der Waals surface area contributed by atoms with Crippen LogP contribution in [-0.2, 0) is 20.9 Å². The molecule has 23 heavy (non-hydrogen) atoms. The van der Waals surface area contributed by atoms with Crippen LogP contribution >= 0.6 is 0 Å². The smallest absolute Gasteiger partial charge is 0.414 e. The molecule has 1 unspecified atom stereocenters. The molecule has 0 radical (unpaired) electrons. The molecule has 0 bridgehead atoms. The van der Waals surface area contributed by atoms with Crippen molar-refractivity contribution >= 4 is 11.9 Å². The lowest BCUT2D eigenvalue weighted by Crippen LogP contribution is -2.25. The second-order valence-corrected chi connectivity index (χ2v) is 5.06. The van der Waals surface area contributed by atoms with Crippen LogP contribution < -0.4 is 14.8 Å². The van der Waals surface area contributed by atoms with E-state index in [0.29, 0.717) is 12.9 Å². The standard InChI is InChI=1S/C13H17NO3.C2H2O4/c1-2-11(15-5-1)8-14-7-10-3-4-12-13(6-10)17-9-16-12;3-1(4)2(5)6/h3-4,6,11,14H,1-2,5,7-9H2;(H,3,4)(H,5,6). The number of carboxylic acids is 2. The van der Waals surface area contributed by atoms with E-state index in [9.17, 15) is 0 Å². The molecule has 8 nitrogen and oxygen atoms in total. The summed E-state index contributed by atoms with van der Waals surface area (Å²) in [6, 6.07) is 6.06. The van der Waals surface area contributed by atoms with Crippen LogP contribution in [0, 0.1) is 0 Å². The summed E-state index contributed by atoms with van der Waals surface area (Å²) >= 11 is 0. The summed E-state index contributed by atoms with van der Waals surface area (Å²) < 4.78 is 16.2. The largest absolute Gasteiger partial charge is 0.473 e. The SMILES string of the molecule is O=C(O)C(=O)O.c1cc2c(cc1CNCC1CCCO1)OCO2. The van der Waals surface area contributed by atoms with Crippen LogP contribution in [-0.4, -0.2) is 48.2 Å². The first kappa shape index (κ1) is 17.0. The Morgan fingerprint density at radius 1 is 1.17 bits per heavy atom. The lowest BCUT2D eigenvalue weighted by molar-refractivity contribution is -0.159. The molecule has 2 aliphatic heterocycles. The molecule has 0 aliphatic carbocycles. The summed E-state index contributed by atoms with van der Waals surface area (Å²) in [6.07, 6.45) is 2.76. The minimum absolute atomic E-state index is 0.335. The Labute approximate surface area is 133 Å². The number of hydrogen-bond donors (Lipinski definition) is 3. The van der Waals surface area contributed by atoms with E-state index in [1.807, 2.05) is 12.1 Å². The molecular formula is C15H19NO7. The fourth-order valence-corrected chi connectivity index (χ4v) is 2.23. The van der Waals surface area contributed by atoms with Crippen molar-refractivity contribution in [3.63, 3.8) is 0 Å². The Bertz CT molecular complexity index is 543. The van der Waals surface area contributed by atoms with Crippen LogP contribution in [0.2, 0.25) is 0 Å². The molecule has 1 aromatic rings. The fraction of sp³-hybridized carbons (Fsp3) is 0.467. The third-order valence-electron chi connectivity index (χ3n) is 3.35. The molecule has 8 heteroatoms. The highest BCUT2D eigenvalue weighted by Gasteiger charge is 2.15. The maximum absolute atomic E-state index is 9.10. The van der Waals surface area contributed by atoms with E-state index in [0.717, 1.165) is 31.2 Å². The van der Waals surface area contributed by atoms with Gasteiger partial charge in [-0.1, -0.05) is 6.07 Å². The van der Waals surface area contributed by atoms with Crippen LogP contribution in [0.3, 0.4) is 0 Å². The van der Waals surface area contributed by atoms with E-state index in [2.05, 4.69) is 11.4 Å². The summed E-state index contributed by atoms with van der Waals surface area (Å²) in [7, 11) is 0. The lowest BCUT2D eigenvalue weighted by Gasteiger charge is -2.10. The maximum Gasteiger partial charge on any atom is 0.414 e. The van der Waals surface area contributed by atoms with Gasteiger partial charge in [0.1, 0.15) is 0 Å². The number of benzene rings is 1. The molecule has 2 aliphatic rings. The maximum atomic E-state index is 9.10. The van der Waals surface area contributed by atoms with Crippen molar-refractivity contribution in [3.8, 4) is 11.5 Å². The number of hydrogen-bond acceptors (Lipinski definition) is 6. The van der Waals surface area contributed by atoms with Crippen molar-refractivity contribution < 1.29 is 34.0 Å². The van der Waals surface area contributed by atoms with Gasteiger partial charge in [-0.15, -0.1) is 0 Å². The Kier molecular flexibility index (Phi) is 6.19. The normalized spacial score (nSPS) is 18.2. The Hall–Kier alpha value is -2.32. The molecule has 0 saturated carbocycles. The van der Waals surface area contributed by atoms with Crippen molar-refractivity contribution in [1.82, 2.24) is 5.32 Å². The van der Waals surface area contributed by atoms with Gasteiger partial charge in [-0.3, -0.25) is 0 Å². The number of rotatable bonds is 4.